The lowest BCUT2D eigenvalue weighted by molar-refractivity contribution is -0.145. The van der Waals surface area contributed by atoms with Crippen LogP contribution in [0.5, 0.6) is 11.5 Å². The smallest absolute Gasteiger partial charge is 0.330 e. The Balaban J connectivity index is 1.44. The van der Waals surface area contributed by atoms with Crippen LogP contribution in [0.4, 0.5) is 0 Å². The lowest BCUT2D eigenvalue weighted by Gasteiger charge is -2.24. The number of pyridine rings is 1. The molecule has 1 saturated carbocycles. The zero-order valence-corrected chi connectivity index (χ0v) is 21.2. The van der Waals surface area contributed by atoms with Crippen LogP contribution in [0.2, 0.25) is 0 Å². The maximum Gasteiger partial charge on any atom is 0.330 e. The predicted molar refractivity (Wildman–Crippen MR) is 141 cm³/mol. The lowest BCUT2D eigenvalue weighted by atomic mass is 10.1. The van der Waals surface area contributed by atoms with Crippen LogP contribution in [0.15, 0.2) is 67.3 Å². The van der Waals surface area contributed by atoms with Gasteiger partial charge in [-0.15, -0.1) is 6.58 Å². The minimum absolute atomic E-state index is 0.193. The SMILES string of the molecule is C=CC1C[C@]1(NC(=O)[C@@H]1C[C@@H](Oc2cc(-c3ccccc3)nc3cc(OC)ccc23)CN1C(C)=O)C(=O)O. The van der Waals surface area contributed by atoms with Gasteiger partial charge in [-0.1, -0.05) is 36.4 Å². The molecule has 4 atom stereocenters. The summed E-state index contributed by atoms with van der Waals surface area (Å²) in [5.41, 5.74) is 0.940. The average molecular weight is 516 g/mol. The van der Waals surface area contributed by atoms with Gasteiger partial charge in [0.1, 0.15) is 29.2 Å². The molecule has 1 aromatic heterocycles. The zero-order chi connectivity index (χ0) is 27.0. The molecular weight excluding hydrogens is 486 g/mol. The van der Waals surface area contributed by atoms with Gasteiger partial charge < -0.3 is 24.8 Å². The Kier molecular flexibility index (Phi) is 6.52. The van der Waals surface area contributed by atoms with Crippen molar-refractivity contribution in [3.63, 3.8) is 0 Å². The lowest BCUT2D eigenvalue weighted by Crippen LogP contribution is -2.52. The Morgan fingerprint density at radius 1 is 1.18 bits per heavy atom. The number of nitrogens with zero attached hydrogens (tertiary/aromatic N) is 2. The Hall–Kier alpha value is -4.40. The average Bonchev–Trinajstić information content (AvgIpc) is 3.47. The van der Waals surface area contributed by atoms with Crippen molar-refractivity contribution in [3.05, 3.63) is 67.3 Å². The molecule has 0 bridgehead atoms. The van der Waals surface area contributed by atoms with Gasteiger partial charge in [-0.05, 0) is 18.6 Å². The van der Waals surface area contributed by atoms with Gasteiger partial charge in [0.05, 0.1) is 24.9 Å². The summed E-state index contributed by atoms with van der Waals surface area (Å²) in [6, 6.07) is 16.2. The largest absolute Gasteiger partial charge is 0.497 e. The third kappa shape index (κ3) is 4.55. The van der Waals surface area contributed by atoms with Crippen molar-refractivity contribution in [2.45, 2.75) is 37.5 Å². The standard InChI is InChI=1S/C29H29N3O6/c1-4-19-15-29(19,28(35)36)31-27(34)25-13-21(16-32(25)17(2)33)38-26-14-23(18-8-6-5-7-9-18)30-24-12-20(37-3)10-11-22(24)26/h4-12,14,19,21,25H,1,13,15-16H2,2-3H3,(H,31,34)(H,35,36)/t19?,21-,25+,29-/m1/s1. The molecular formula is C29H29N3O6. The summed E-state index contributed by atoms with van der Waals surface area (Å²) < 4.78 is 11.8. The summed E-state index contributed by atoms with van der Waals surface area (Å²) in [5, 5.41) is 13.1. The number of ether oxygens (including phenoxy) is 2. The molecule has 196 valence electrons. The second-order valence-corrected chi connectivity index (χ2v) is 9.73. The molecule has 1 saturated heterocycles. The summed E-state index contributed by atoms with van der Waals surface area (Å²) >= 11 is 0. The third-order valence-corrected chi connectivity index (χ3v) is 7.34. The quantitative estimate of drug-likeness (QED) is 0.442. The van der Waals surface area contributed by atoms with Gasteiger partial charge in [-0.3, -0.25) is 9.59 Å². The Bertz CT molecular complexity index is 1420. The maximum atomic E-state index is 13.2. The van der Waals surface area contributed by atoms with Crippen LogP contribution in [0.3, 0.4) is 0 Å². The fourth-order valence-electron chi connectivity index (χ4n) is 5.14. The highest BCUT2D eigenvalue weighted by Gasteiger charge is 2.61. The number of methoxy groups -OCH3 is 1. The third-order valence-electron chi connectivity index (χ3n) is 7.34. The molecule has 9 heteroatoms. The number of rotatable bonds is 8. The van der Waals surface area contributed by atoms with Gasteiger partial charge in [-0.25, -0.2) is 9.78 Å². The van der Waals surface area contributed by atoms with Crippen molar-refractivity contribution in [1.29, 1.82) is 0 Å². The van der Waals surface area contributed by atoms with Gasteiger partial charge in [-0.2, -0.15) is 0 Å². The number of aliphatic carboxylic acids is 1. The van der Waals surface area contributed by atoms with E-state index in [0.717, 1.165) is 10.9 Å². The van der Waals surface area contributed by atoms with Crippen LogP contribution in [0.25, 0.3) is 22.2 Å². The minimum atomic E-state index is -1.37. The number of carboxylic acid groups (broad SMARTS) is 1. The number of hydrogen-bond acceptors (Lipinski definition) is 6. The molecule has 9 nitrogen and oxygen atoms in total. The predicted octanol–water partition coefficient (Wildman–Crippen LogP) is 3.42. The van der Waals surface area contributed by atoms with Crippen LogP contribution in [0, 0.1) is 5.92 Å². The maximum absolute atomic E-state index is 13.2. The number of carboxylic acids is 1. The molecule has 1 aliphatic heterocycles. The molecule has 2 amide bonds. The number of nitrogens with one attached hydrogen (secondary N) is 1. The van der Waals surface area contributed by atoms with Gasteiger partial charge in [0.15, 0.2) is 0 Å². The Morgan fingerprint density at radius 2 is 1.95 bits per heavy atom. The molecule has 2 aromatic carbocycles. The molecule has 2 N–H and O–H groups in total. The topological polar surface area (TPSA) is 118 Å². The van der Waals surface area contributed by atoms with Crippen molar-refractivity contribution < 1.29 is 29.0 Å². The number of carbonyl (C=O) groups is 3. The van der Waals surface area contributed by atoms with Gasteiger partial charge in [0.25, 0.3) is 0 Å². The van der Waals surface area contributed by atoms with E-state index in [9.17, 15) is 19.5 Å². The highest BCUT2D eigenvalue weighted by Crippen LogP contribution is 2.45. The van der Waals surface area contributed by atoms with E-state index in [1.54, 1.807) is 7.11 Å². The Labute approximate surface area is 220 Å². The second kappa shape index (κ2) is 9.81. The van der Waals surface area contributed by atoms with Crippen LogP contribution in [-0.4, -0.2) is 64.1 Å². The number of amides is 2. The number of hydrogen-bond donors (Lipinski definition) is 2. The summed E-state index contributed by atoms with van der Waals surface area (Å²) in [5.74, 6) is -1.02. The number of benzene rings is 2. The van der Waals surface area contributed by atoms with Crippen molar-refractivity contribution in [2.75, 3.05) is 13.7 Å². The summed E-state index contributed by atoms with van der Waals surface area (Å²) in [4.78, 5) is 43.8. The molecule has 0 radical (unpaired) electrons. The molecule has 0 spiro atoms. The first-order valence-corrected chi connectivity index (χ1v) is 12.4. The molecule has 2 aliphatic rings. The fraction of sp³-hybridized carbons (Fsp3) is 0.310. The number of aromatic nitrogens is 1. The molecule has 3 aromatic rings. The van der Waals surface area contributed by atoms with Gasteiger partial charge in [0.2, 0.25) is 11.8 Å². The Morgan fingerprint density at radius 3 is 2.58 bits per heavy atom. The van der Waals surface area contributed by atoms with E-state index in [2.05, 4.69) is 11.9 Å². The number of carbonyl (C=O) groups excluding carboxylic acids is 2. The highest BCUT2D eigenvalue weighted by molar-refractivity contribution is 5.94. The first-order chi connectivity index (χ1) is 18.3. The van der Waals surface area contributed by atoms with Crippen LogP contribution in [0.1, 0.15) is 19.8 Å². The van der Waals surface area contributed by atoms with Crippen molar-refractivity contribution in [3.8, 4) is 22.8 Å². The molecule has 1 unspecified atom stereocenters. The molecule has 2 fully saturated rings. The van der Waals surface area contributed by atoms with E-state index in [4.69, 9.17) is 14.5 Å². The molecule has 5 rings (SSSR count). The first-order valence-electron chi connectivity index (χ1n) is 12.4. The number of fused-ring (bicyclic) bond motifs is 1. The van der Waals surface area contributed by atoms with E-state index < -0.39 is 29.6 Å². The summed E-state index contributed by atoms with van der Waals surface area (Å²) in [7, 11) is 1.59. The molecule has 1 aliphatic carbocycles. The molecule has 2 heterocycles. The van der Waals surface area contributed by atoms with E-state index in [1.807, 2.05) is 54.6 Å². The normalized spacial score (nSPS) is 24.1. The van der Waals surface area contributed by atoms with Crippen LogP contribution in [-0.2, 0) is 14.4 Å². The number of likely N-dealkylation sites (tertiary alicyclic amines) is 1. The van der Waals surface area contributed by atoms with E-state index in [-0.39, 0.29) is 31.2 Å². The van der Waals surface area contributed by atoms with E-state index >= 15 is 0 Å². The highest BCUT2D eigenvalue weighted by atomic mass is 16.5. The van der Waals surface area contributed by atoms with Gasteiger partial charge in [0, 0.05) is 42.3 Å². The van der Waals surface area contributed by atoms with Crippen molar-refractivity contribution in [1.82, 2.24) is 15.2 Å². The first kappa shape index (κ1) is 25.3. The summed E-state index contributed by atoms with van der Waals surface area (Å²) in [6.45, 7) is 5.24. The van der Waals surface area contributed by atoms with E-state index in [1.165, 1.54) is 17.9 Å². The van der Waals surface area contributed by atoms with Gasteiger partial charge >= 0.3 is 5.97 Å². The van der Waals surface area contributed by atoms with Crippen LogP contribution < -0.4 is 14.8 Å². The van der Waals surface area contributed by atoms with Crippen LogP contribution >= 0.6 is 0 Å². The van der Waals surface area contributed by atoms with Crippen molar-refractivity contribution >= 4 is 28.7 Å². The molecule has 38 heavy (non-hydrogen) atoms. The monoisotopic (exact) mass is 515 g/mol. The van der Waals surface area contributed by atoms with Crippen molar-refractivity contribution in [2.24, 2.45) is 5.92 Å². The second-order valence-electron chi connectivity index (χ2n) is 9.73. The fourth-order valence-corrected chi connectivity index (χ4v) is 5.14. The minimum Gasteiger partial charge on any atom is -0.497 e. The zero-order valence-electron chi connectivity index (χ0n) is 21.2. The summed E-state index contributed by atoms with van der Waals surface area (Å²) in [6.07, 6.45) is 1.55. The van der Waals surface area contributed by atoms with E-state index in [0.29, 0.717) is 22.7 Å².